The molecular formula is C28H34O10. The van der Waals surface area contributed by atoms with E-state index >= 15 is 0 Å². The van der Waals surface area contributed by atoms with E-state index in [1.54, 1.807) is 34.6 Å². The van der Waals surface area contributed by atoms with Crippen LogP contribution < -0.4 is 0 Å². The molecule has 4 fully saturated rings. The Balaban J connectivity index is 1.83. The lowest BCUT2D eigenvalue weighted by atomic mass is 9.45. The molecule has 3 unspecified atom stereocenters. The van der Waals surface area contributed by atoms with Gasteiger partial charge < -0.3 is 23.7 Å². The summed E-state index contributed by atoms with van der Waals surface area (Å²) in [6, 6.07) is 1.40. The third-order valence-electron chi connectivity index (χ3n) is 11.2. The van der Waals surface area contributed by atoms with Crippen molar-refractivity contribution in [3.8, 4) is 0 Å². The first-order valence-corrected chi connectivity index (χ1v) is 12.8. The maximum absolute atomic E-state index is 15.0. The number of carbonyl (C=O) groups excluding carboxylic acids is 5. The molecule has 0 radical (unpaired) electrons. The summed E-state index contributed by atoms with van der Waals surface area (Å²) in [5.41, 5.74) is -11.4. The Morgan fingerprint density at radius 2 is 1.63 bits per heavy atom. The van der Waals surface area contributed by atoms with E-state index in [2.05, 4.69) is 0 Å². The predicted molar refractivity (Wildman–Crippen MR) is 128 cm³/mol. The smallest absolute Gasteiger partial charge is 0.346 e. The molecule has 38 heavy (non-hydrogen) atoms. The second-order valence-corrected chi connectivity index (χ2v) is 12.7. The summed E-state index contributed by atoms with van der Waals surface area (Å²) in [6.07, 6.45) is 2.14. The molecule has 2 saturated carbocycles. The third kappa shape index (κ3) is 2.47. The Hall–Kier alpha value is -3.01. The van der Waals surface area contributed by atoms with Crippen LogP contribution in [0.2, 0.25) is 0 Å². The maximum atomic E-state index is 15.0. The molecule has 1 aromatic rings. The van der Waals surface area contributed by atoms with Crippen LogP contribution >= 0.6 is 0 Å². The monoisotopic (exact) mass is 530 g/mol. The van der Waals surface area contributed by atoms with Gasteiger partial charge in [-0.05, 0) is 46.6 Å². The predicted octanol–water partition coefficient (Wildman–Crippen LogP) is 2.80. The standard InChI is InChI=1S/C28H34O10/c1-22(2)27-13-18(30)38-26(27,6)16-8-10-23(3,19(31)15-9-11-36-14-15)28(34,21(33)35-7)20(32)25(16,5)24(27,4)12-17(29)37-22/h9,11,14,16,34H,8,10,12-13H2,1-7H3/t16?,23-,24-,25-,26-,27?,28?/m0/s1. The van der Waals surface area contributed by atoms with Gasteiger partial charge in [0.05, 0.1) is 42.6 Å². The molecule has 0 amide bonds. The average molecular weight is 531 g/mol. The Kier molecular flexibility index (Phi) is 5.14. The third-order valence-corrected chi connectivity index (χ3v) is 11.2. The Bertz CT molecular complexity index is 1280. The van der Waals surface area contributed by atoms with Crippen LogP contribution in [-0.2, 0) is 33.4 Å². The molecular weight excluding hydrogens is 496 g/mol. The minimum atomic E-state index is -2.91. The number of fused-ring (bicyclic) bond motifs is 3. The van der Waals surface area contributed by atoms with Crippen LogP contribution in [-0.4, -0.2) is 58.5 Å². The maximum Gasteiger partial charge on any atom is 0.346 e. The van der Waals surface area contributed by atoms with E-state index < -0.39 is 73.9 Å². The van der Waals surface area contributed by atoms with Gasteiger partial charge in [-0.1, -0.05) is 13.8 Å². The highest BCUT2D eigenvalue weighted by molar-refractivity contribution is 6.18. The van der Waals surface area contributed by atoms with Gasteiger partial charge in [-0.3, -0.25) is 19.2 Å². The number of cyclic esters (lactones) is 1. The van der Waals surface area contributed by atoms with Crippen molar-refractivity contribution in [3.05, 3.63) is 24.2 Å². The lowest BCUT2D eigenvalue weighted by Gasteiger charge is -2.60. The molecule has 206 valence electrons. The molecule has 2 saturated heterocycles. The summed E-state index contributed by atoms with van der Waals surface area (Å²) >= 11 is 0. The first kappa shape index (κ1) is 26.6. The van der Waals surface area contributed by atoms with Gasteiger partial charge in [0.2, 0.25) is 5.60 Å². The summed E-state index contributed by atoms with van der Waals surface area (Å²) in [5.74, 6) is -4.67. The number of carbonyl (C=O) groups is 5. The zero-order valence-electron chi connectivity index (χ0n) is 22.8. The number of esters is 3. The lowest BCUT2D eigenvalue weighted by Crippen LogP contribution is -2.70. The first-order valence-electron chi connectivity index (χ1n) is 12.8. The molecule has 3 heterocycles. The number of Topliss-reactive ketones (excluding diaryl/α,β-unsaturated/α-hetero) is 2. The Morgan fingerprint density at radius 3 is 2.21 bits per heavy atom. The number of rotatable bonds is 3. The van der Waals surface area contributed by atoms with Crippen molar-refractivity contribution in [3.63, 3.8) is 0 Å². The summed E-state index contributed by atoms with van der Waals surface area (Å²) in [6.45, 7) is 9.90. The number of aliphatic hydroxyl groups is 1. The molecule has 1 aromatic heterocycles. The molecule has 5 rings (SSSR count). The molecule has 7 atom stereocenters. The van der Waals surface area contributed by atoms with Gasteiger partial charge in [-0.15, -0.1) is 0 Å². The van der Waals surface area contributed by atoms with Crippen LogP contribution in [0, 0.1) is 27.6 Å². The zero-order chi connectivity index (χ0) is 28.3. The van der Waals surface area contributed by atoms with Gasteiger partial charge >= 0.3 is 17.9 Å². The Morgan fingerprint density at radius 1 is 1.00 bits per heavy atom. The number of methoxy groups -OCH3 is 1. The molecule has 0 aromatic carbocycles. The normalized spacial score (nSPS) is 45.3. The molecule has 2 aliphatic carbocycles. The van der Waals surface area contributed by atoms with Crippen LogP contribution in [0.5, 0.6) is 0 Å². The van der Waals surface area contributed by atoms with Crippen molar-refractivity contribution in [1.82, 2.24) is 0 Å². The summed E-state index contributed by atoms with van der Waals surface area (Å²) in [5, 5.41) is 12.3. The number of hydrogen-bond acceptors (Lipinski definition) is 10. The molecule has 4 aliphatic rings. The van der Waals surface area contributed by atoms with Crippen LogP contribution in [0.1, 0.15) is 77.6 Å². The summed E-state index contributed by atoms with van der Waals surface area (Å²) in [7, 11) is 1.04. The molecule has 1 N–H and O–H groups in total. The highest BCUT2D eigenvalue weighted by Crippen LogP contribution is 2.82. The minimum Gasteiger partial charge on any atom is -0.472 e. The molecule has 10 nitrogen and oxygen atoms in total. The SMILES string of the molecule is COC(=O)C1(O)C(=O)[C@]2(C)C(CC[C@@]1(C)C(=O)c1ccoc1)[C@]1(C)OC(=O)CC13C(C)(C)OC(=O)C[C@]32C. The van der Waals surface area contributed by atoms with Gasteiger partial charge in [0.15, 0.2) is 11.6 Å². The number of ether oxygens (including phenoxy) is 3. The molecule has 10 heteroatoms. The van der Waals surface area contributed by atoms with E-state index in [1.807, 2.05) is 0 Å². The zero-order valence-corrected chi connectivity index (χ0v) is 22.8. The van der Waals surface area contributed by atoms with Crippen LogP contribution in [0.15, 0.2) is 23.0 Å². The number of furan rings is 1. The van der Waals surface area contributed by atoms with Crippen molar-refractivity contribution in [1.29, 1.82) is 0 Å². The van der Waals surface area contributed by atoms with Crippen LogP contribution in [0.4, 0.5) is 0 Å². The van der Waals surface area contributed by atoms with E-state index in [9.17, 15) is 29.1 Å². The largest absolute Gasteiger partial charge is 0.472 e. The van der Waals surface area contributed by atoms with Crippen LogP contribution in [0.3, 0.4) is 0 Å². The van der Waals surface area contributed by atoms with E-state index in [0.29, 0.717) is 0 Å². The lowest BCUT2D eigenvalue weighted by molar-refractivity contribution is -0.239. The highest BCUT2D eigenvalue weighted by atomic mass is 16.6. The summed E-state index contributed by atoms with van der Waals surface area (Å²) in [4.78, 5) is 68.4. The minimum absolute atomic E-state index is 0.0845. The molecule has 1 spiro atoms. The fourth-order valence-corrected chi connectivity index (χ4v) is 9.42. The highest BCUT2D eigenvalue weighted by Gasteiger charge is 2.90. The number of ketones is 2. The fourth-order valence-electron chi connectivity index (χ4n) is 9.42. The van der Waals surface area contributed by atoms with Crippen LogP contribution in [0.25, 0.3) is 0 Å². The van der Waals surface area contributed by atoms with E-state index in [0.717, 1.165) is 7.11 Å². The number of hydrogen-bond donors (Lipinski definition) is 1. The van der Waals surface area contributed by atoms with Gasteiger partial charge in [-0.25, -0.2) is 4.79 Å². The quantitative estimate of drug-likeness (QED) is 0.268. The second kappa shape index (κ2) is 7.34. The molecule has 0 bridgehead atoms. The van der Waals surface area contributed by atoms with E-state index in [1.165, 1.54) is 25.5 Å². The second-order valence-electron chi connectivity index (χ2n) is 12.7. The first-order chi connectivity index (χ1) is 17.4. The van der Waals surface area contributed by atoms with Gasteiger partial charge in [0.1, 0.15) is 17.5 Å². The van der Waals surface area contributed by atoms with E-state index in [4.69, 9.17) is 18.6 Å². The van der Waals surface area contributed by atoms with Gasteiger partial charge in [0, 0.05) is 16.7 Å². The molecule has 2 aliphatic heterocycles. The topological polar surface area (TPSA) is 146 Å². The summed E-state index contributed by atoms with van der Waals surface area (Å²) < 4.78 is 22.0. The van der Waals surface area contributed by atoms with Crippen molar-refractivity contribution < 1.29 is 47.7 Å². The van der Waals surface area contributed by atoms with Crippen molar-refractivity contribution >= 4 is 29.5 Å². The van der Waals surface area contributed by atoms with Crippen molar-refractivity contribution in [2.75, 3.05) is 7.11 Å². The van der Waals surface area contributed by atoms with E-state index in [-0.39, 0.29) is 31.2 Å². The van der Waals surface area contributed by atoms with Crippen molar-refractivity contribution in [2.24, 2.45) is 27.6 Å². The Labute approximate surface area is 220 Å². The average Bonchev–Trinajstić information content (AvgIpc) is 3.47. The fraction of sp³-hybridized carbons (Fsp3) is 0.679. The van der Waals surface area contributed by atoms with Crippen molar-refractivity contribution in [2.45, 2.75) is 84.0 Å². The van der Waals surface area contributed by atoms with Gasteiger partial charge in [0.25, 0.3) is 0 Å². The van der Waals surface area contributed by atoms with Gasteiger partial charge in [-0.2, -0.15) is 0 Å².